The number of benzene rings is 1. The maximum atomic E-state index is 12.6. The zero-order valence-electron chi connectivity index (χ0n) is 11.1. The van der Waals surface area contributed by atoms with E-state index in [1.54, 1.807) is 31.2 Å². The smallest absolute Gasteiger partial charge is 0.288 e. The van der Waals surface area contributed by atoms with Gasteiger partial charge in [0, 0.05) is 17.9 Å². The van der Waals surface area contributed by atoms with Crippen molar-refractivity contribution in [1.82, 2.24) is 10.1 Å². The minimum absolute atomic E-state index is 0.245. The van der Waals surface area contributed by atoms with Crippen LogP contribution in [0.4, 0.5) is 4.79 Å². The first-order valence-corrected chi connectivity index (χ1v) is 7.65. The van der Waals surface area contributed by atoms with E-state index in [4.69, 9.17) is 16.1 Å². The van der Waals surface area contributed by atoms with E-state index in [1.807, 2.05) is 0 Å². The van der Waals surface area contributed by atoms with Gasteiger partial charge < -0.3 is 4.52 Å². The van der Waals surface area contributed by atoms with Crippen LogP contribution in [0.3, 0.4) is 0 Å². The molecule has 5 nitrogen and oxygen atoms in total. The van der Waals surface area contributed by atoms with E-state index >= 15 is 0 Å². The normalized spacial score (nSPS) is 14.8. The number of aryl methyl sites for hydroxylation is 1. The molecular formula is C14H11ClN2O3S. The Kier molecular flexibility index (Phi) is 3.73. The number of hydrogen-bond acceptors (Lipinski definition) is 5. The number of nitrogens with zero attached hydrogens (tertiary/aromatic N) is 2. The van der Waals surface area contributed by atoms with E-state index in [1.165, 1.54) is 4.90 Å². The summed E-state index contributed by atoms with van der Waals surface area (Å²) in [6.07, 6.45) is 0. The number of amides is 2. The Morgan fingerprint density at radius 3 is 2.86 bits per heavy atom. The van der Waals surface area contributed by atoms with Crippen molar-refractivity contribution >= 4 is 34.5 Å². The maximum Gasteiger partial charge on any atom is 0.288 e. The summed E-state index contributed by atoms with van der Waals surface area (Å²) in [5.74, 6) is 0.592. The van der Waals surface area contributed by atoms with Crippen LogP contribution in [-0.2, 0) is 0 Å². The van der Waals surface area contributed by atoms with Gasteiger partial charge in [-0.15, -0.1) is 0 Å². The van der Waals surface area contributed by atoms with E-state index in [-0.39, 0.29) is 5.24 Å². The molecule has 0 bridgehead atoms. The SMILES string of the molecule is Cc1onc(-c2ccccc2Cl)c1C(=O)N1CCSC1=O. The Morgan fingerprint density at radius 1 is 1.43 bits per heavy atom. The fourth-order valence-electron chi connectivity index (χ4n) is 2.17. The third-order valence-electron chi connectivity index (χ3n) is 3.21. The van der Waals surface area contributed by atoms with Crippen LogP contribution in [0, 0.1) is 6.92 Å². The third-order valence-corrected chi connectivity index (χ3v) is 4.40. The summed E-state index contributed by atoms with van der Waals surface area (Å²) in [6.45, 7) is 2.04. The second kappa shape index (κ2) is 5.54. The highest BCUT2D eigenvalue weighted by Crippen LogP contribution is 2.32. The van der Waals surface area contributed by atoms with E-state index < -0.39 is 5.91 Å². The molecule has 0 N–H and O–H groups in total. The van der Waals surface area contributed by atoms with Crippen LogP contribution < -0.4 is 0 Å². The molecule has 1 fully saturated rings. The molecule has 0 spiro atoms. The number of carbonyl (C=O) groups excluding carboxylic acids is 2. The second-order valence-corrected chi connectivity index (χ2v) is 5.97. The van der Waals surface area contributed by atoms with Gasteiger partial charge in [0.25, 0.3) is 11.1 Å². The quantitative estimate of drug-likeness (QED) is 0.845. The summed E-state index contributed by atoms with van der Waals surface area (Å²) in [7, 11) is 0. The minimum atomic E-state index is -0.390. The molecule has 2 heterocycles. The molecule has 3 rings (SSSR count). The van der Waals surface area contributed by atoms with Crippen molar-refractivity contribution in [1.29, 1.82) is 0 Å². The van der Waals surface area contributed by atoms with Gasteiger partial charge in [0.2, 0.25) is 0 Å². The largest absolute Gasteiger partial charge is 0.360 e. The number of rotatable bonds is 2. The lowest BCUT2D eigenvalue weighted by Gasteiger charge is -2.12. The van der Waals surface area contributed by atoms with E-state index in [2.05, 4.69) is 5.16 Å². The summed E-state index contributed by atoms with van der Waals surface area (Å²) >= 11 is 7.29. The van der Waals surface area contributed by atoms with Crippen molar-refractivity contribution < 1.29 is 14.1 Å². The molecule has 0 aliphatic carbocycles. The molecule has 1 aliphatic heterocycles. The zero-order valence-corrected chi connectivity index (χ0v) is 12.7. The van der Waals surface area contributed by atoms with Gasteiger partial charge in [-0.1, -0.05) is 46.7 Å². The molecular weight excluding hydrogens is 312 g/mol. The molecule has 108 valence electrons. The number of imide groups is 1. The highest BCUT2D eigenvalue weighted by atomic mass is 35.5. The molecule has 0 saturated carbocycles. The predicted octanol–water partition coefficient (Wildman–Crippen LogP) is 3.61. The Morgan fingerprint density at radius 2 is 2.19 bits per heavy atom. The first kappa shape index (κ1) is 14.2. The van der Waals surface area contributed by atoms with Crippen LogP contribution in [0.1, 0.15) is 16.1 Å². The lowest BCUT2D eigenvalue weighted by atomic mass is 10.1. The van der Waals surface area contributed by atoms with Gasteiger partial charge in [0.05, 0.1) is 5.02 Å². The predicted molar refractivity (Wildman–Crippen MR) is 80.6 cm³/mol. The Hall–Kier alpha value is -1.79. The van der Waals surface area contributed by atoms with Gasteiger partial charge in [0.15, 0.2) is 0 Å². The average Bonchev–Trinajstić information content (AvgIpc) is 3.05. The van der Waals surface area contributed by atoms with Crippen molar-refractivity contribution in [2.45, 2.75) is 6.92 Å². The van der Waals surface area contributed by atoms with Gasteiger partial charge in [0.1, 0.15) is 17.0 Å². The summed E-state index contributed by atoms with van der Waals surface area (Å²) < 4.78 is 5.15. The number of hydrogen-bond donors (Lipinski definition) is 0. The van der Waals surface area contributed by atoms with Gasteiger partial charge in [-0.05, 0) is 13.0 Å². The van der Waals surface area contributed by atoms with Crippen LogP contribution in [-0.4, -0.2) is 33.5 Å². The molecule has 2 amide bonds. The highest BCUT2D eigenvalue weighted by Gasteiger charge is 2.33. The van der Waals surface area contributed by atoms with Crippen LogP contribution in [0.25, 0.3) is 11.3 Å². The molecule has 0 atom stereocenters. The third kappa shape index (κ3) is 2.45. The molecule has 21 heavy (non-hydrogen) atoms. The number of thioether (sulfide) groups is 1. The average molecular weight is 323 g/mol. The molecule has 1 aromatic heterocycles. The fraction of sp³-hybridized carbons (Fsp3) is 0.214. The molecule has 0 radical (unpaired) electrons. The monoisotopic (exact) mass is 322 g/mol. The van der Waals surface area contributed by atoms with Crippen molar-refractivity contribution in [3.05, 3.63) is 40.6 Å². The summed E-state index contributed by atoms with van der Waals surface area (Å²) in [6, 6.07) is 7.07. The first-order chi connectivity index (χ1) is 10.1. The van der Waals surface area contributed by atoms with E-state index in [0.717, 1.165) is 11.8 Å². The number of carbonyl (C=O) groups is 2. The van der Waals surface area contributed by atoms with Gasteiger partial charge >= 0.3 is 0 Å². The van der Waals surface area contributed by atoms with Gasteiger partial charge in [-0.3, -0.25) is 14.5 Å². The van der Waals surface area contributed by atoms with Crippen molar-refractivity contribution in [3.63, 3.8) is 0 Å². The van der Waals surface area contributed by atoms with Crippen molar-refractivity contribution in [2.24, 2.45) is 0 Å². The van der Waals surface area contributed by atoms with Crippen LogP contribution >= 0.6 is 23.4 Å². The van der Waals surface area contributed by atoms with Gasteiger partial charge in [-0.2, -0.15) is 0 Å². The molecule has 7 heteroatoms. The van der Waals surface area contributed by atoms with Crippen LogP contribution in [0.15, 0.2) is 28.8 Å². The fourth-order valence-corrected chi connectivity index (χ4v) is 3.18. The Bertz CT molecular complexity index is 729. The van der Waals surface area contributed by atoms with E-state index in [0.29, 0.717) is 39.9 Å². The van der Waals surface area contributed by atoms with Crippen LogP contribution in [0.2, 0.25) is 5.02 Å². The van der Waals surface area contributed by atoms with Crippen molar-refractivity contribution in [2.75, 3.05) is 12.3 Å². The summed E-state index contributed by atoms with van der Waals surface area (Å²) in [4.78, 5) is 25.5. The second-order valence-electron chi connectivity index (χ2n) is 4.51. The zero-order chi connectivity index (χ0) is 15.0. The topological polar surface area (TPSA) is 63.4 Å². The standard InChI is InChI=1S/C14H11ClN2O3S/c1-8-11(13(18)17-6-7-21-14(17)19)12(16-20-8)9-4-2-3-5-10(9)15/h2-5H,6-7H2,1H3. The first-order valence-electron chi connectivity index (χ1n) is 6.29. The molecule has 1 aliphatic rings. The van der Waals surface area contributed by atoms with Gasteiger partial charge in [-0.25, -0.2) is 0 Å². The van der Waals surface area contributed by atoms with Crippen LogP contribution in [0.5, 0.6) is 0 Å². The van der Waals surface area contributed by atoms with Crippen molar-refractivity contribution in [3.8, 4) is 11.3 Å². The molecule has 0 unspecified atom stereocenters. The Balaban J connectivity index is 2.08. The molecule has 1 saturated heterocycles. The lowest BCUT2D eigenvalue weighted by Crippen LogP contribution is -2.31. The highest BCUT2D eigenvalue weighted by molar-refractivity contribution is 8.13. The van der Waals surface area contributed by atoms with E-state index in [9.17, 15) is 9.59 Å². The molecule has 1 aromatic carbocycles. The summed E-state index contributed by atoms with van der Waals surface area (Å²) in [5.41, 5.74) is 1.27. The summed E-state index contributed by atoms with van der Waals surface area (Å²) in [5, 5.41) is 4.17. The molecule has 2 aromatic rings. The number of aromatic nitrogens is 1. The number of halogens is 1. The minimum Gasteiger partial charge on any atom is -0.360 e. The Labute approximate surface area is 130 Å². The maximum absolute atomic E-state index is 12.6. The lowest BCUT2D eigenvalue weighted by molar-refractivity contribution is 0.0832.